The predicted octanol–water partition coefficient (Wildman–Crippen LogP) is 2.03. The minimum Gasteiger partial charge on any atom is -0.460 e. The van der Waals surface area contributed by atoms with E-state index in [0.717, 1.165) is 0 Å². The molecule has 0 aliphatic heterocycles. The highest BCUT2D eigenvalue weighted by molar-refractivity contribution is 5.81. The maximum Gasteiger partial charge on any atom is 0.409 e. The summed E-state index contributed by atoms with van der Waals surface area (Å²) in [7, 11) is 0. The van der Waals surface area contributed by atoms with Crippen molar-refractivity contribution in [1.29, 1.82) is 0 Å². The first kappa shape index (κ1) is 18.7. The summed E-state index contributed by atoms with van der Waals surface area (Å²) < 4.78 is 10.4. The van der Waals surface area contributed by atoms with Crippen molar-refractivity contribution in [1.82, 2.24) is 10.6 Å². The van der Waals surface area contributed by atoms with Crippen LogP contribution in [0.5, 0.6) is 0 Å². The Bertz CT molecular complexity index is 324. The van der Waals surface area contributed by atoms with Crippen LogP contribution in [0.1, 0.15) is 48.5 Å². The van der Waals surface area contributed by atoms with Gasteiger partial charge in [-0.15, -0.1) is 0 Å². The molecule has 2 atom stereocenters. The number of hydrogen-bond acceptors (Lipinski definition) is 5. The maximum atomic E-state index is 12.0. The van der Waals surface area contributed by atoms with Crippen LogP contribution in [0.25, 0.3) is 0 Å². The molecule has 0 aliphatic carbocycles. The molecule has 2 N–H and O–H groups in total. The van der Waals surface area contributed by atoms with E-state index in [9.17, 15) is 9.59 Å². The third-order valence-corrected chi connectivity index (χ3v) is 2.55. The number of alkyl carbamates (subject to hydrolysis) is 1. The molecule has 1 unspecified atom stereocenters. The first-order valence-corrected chi connectivity index (χ1v) is 7.00. The molecule has 6 nitrogen and oxygen atoms in total. The van der Waals surface area contributed by atoms with Crippen molar-refractivity contribution < 1.29 is 19.1 Å². The van der Waals surface area contributed by atoms with Gasteiger partial charge in [-0.05, 0) is 40.2 Å². The van der Waals surface area contributed by atoms with Crippen molar-refractivity contribution in [3.63, 3.8) is 0 Å². The van der Waals surface area contributed by atoms with Gasteiger partial charge in [0, 0.05) is 0 Å². The predicted molar refractivity (Wildman–Crippen MR) is 77.2 cm³/mol. The van der Waals surface area contributed by atoms with Crippen LogP contribution in [-0.2, 0) is 14.3 Å². The molecule has 0 aromatic heterocycles. The van der Waals surface area contributed by atoms with E-state index in [-0.39, 0.29) is 12.0 Å². The lowest BCUT2D eigenvalue weighted by Gasteiger charge is -2.25. The summed E-state index contributed by atoms with van der Waals surface area (Å²) in [4.78, 5) is 23.7. The Morgan fingerprint density at radius 2 is 1.70 bits per heavy atom. The fourth-order valence-electron chi connectivity index (χ4n) is 1.21. The zero-order valence-corrected chi connectivity index (χ0v) is 13.6. The Hall–Kier alpha value is -1.30. The lowest BCUT2D eigenvalue weighted by Crippen LogP contribution is -2.53. The van der Waals surface area contributed by atoms with Crippen LogP contribution in [0.15, 0.2) is 0 Å². The molecule has 1 amide bonds. The highest BCUT2D eigenvalue weighted by Crippen LogP contribution is 2.08. The van der Waals surface area contributed by atoms with Crippen molar-refractivity contribution in [2.75, 3.05) is 6.54 Å². The van der Waals surface area contributed by atoms with Crippen LogP contribution in [0, 0.1) is 5.92 Å². The van der Waals surface area contributed by atoms with Gasteiger partial charge in [-0.25, -0.2) is 9.59 Å². The third kappa shape index (κ3) is 7.99. The van der Waals surface area contributed by atoms with Gasteiger partial charge < -0.3 is 9.47 Å². The molecule has 6 heteroatoms. The van der Waals surface area contributed by atoms with E-state index < -0.39 is 23.8 Å². The normalized spacial score (nSPS) is 14.6. The van der Waals surface area contributed by atoms with E-state index in [4.69, 9.17) is 9.47 Å². The Morgan fingerprint density at radius 1 is 1.15 bits per heavy atom. The molecule has 0 bridgehead atoms. The zero-order valence-electron chi connectivity index (χ0n) is 13.6. The Kier molecular flexibility index (Phi) is 7.57. The number of ether oxygens (including phenoxy) is 2. The summed E-state index contributed by atoms with van der Waals surface area (Å²) in [6.45, 7) is 13.4. The number of carbonyl (C=O) groups is 2. The van der Waals surface area contributed by atoms with Crippen LogP contribution < -0.4 is 10.6 Å². The highest BCUT2D eigenvalue weighted by Gasteiger charge is 2.26. The molecule has 0 heterocycles. The summed E-state index contributed by atoms with van der Waals surface area (Å²) in [6.07, 6.45) is -1.78. The number of nitrogens with one attached hydrogen (secondary N) is 2. The van der Waals surface area contributed by atoms with Gasteiger partial charge in [-0.3, -0.25) is 10.6 Å². The molecule has 0 saturated carbocycles. The first-order chi connectivity index (χ1) is 9.06. The fraction of sp³-hybridized carbons (Fsp3) is 0.857. The second-order valence-corrected chi connectivity index (χ2v) is 6.02. The molecule has 0 spiro atoms. The average molecular weight is 288 g/mol. The molecule has 0 aromatic carbocycles. The van der Waals surface area contributed by atoms with Crippen LogP contribution in [0.2, 0.25) is 0 Å². The smallest absolute Gasteiger partial charge is 0.409 e. The second-order valence-electron chi connectivity index (χ2n) is 6.02. The van der Waals surface area contributed by atoms with E-state index in [1.165, 1.54) is 0 Å². The van der Waals surface area contributed by atoms with Gasteiger partial charge in [-0.1, -0.05) is 20.8 Å². The largest absolute Gasteiger partial charge is 0.460 e. The molecule has 0 rings (SSSR count). The first-order valence-electron chi connectivity index (χ1n) is 7.00. The van der Waals surface area contributed by atoms with Crippen LogP contribution >= 0.6 is 0 Å². The van der Waals surface area contributed by atoms with Crippen molar-refractivity contribution in [3.05, 3.63) is 0 Å². The van der Waals surface area contributed by atoms with Crippen LogP contribution in [0.4, 0.5) is 4.79 Å². The fourth-order valence-corrected chi connectivity index (χ4v) is 1.21. The summed E-state index contributed by atoms with van der Waals surface area (Å²) >= 11 is 0. The molecule has 20 heavy (non-hydrogen) atoms. The van der Waals surface area contributed by atoms with Gasteiger partial charge in [0.25, 0.3) is 0 Å². The number of esters is 1. The minimum absolute atomic E-state index is 0.211. The monoisotopic (exact) mass is 288 g/mol. The van der Waals surface area contributed by atoms with Gasteiger partial charge in [0.2, 0.25) is 0 Å². The van der Waals surface area contributed by atoms with Crippen molar-refractivity contribution in [3.8, 4) is 0 Å². The number of likely N-dealkylation sites (N-methyl/N-ethyl adjacent to an activating group) is 1. The number of amides is 1. The van der Waals surface area contributed by atoms with Crippen molar-refractivity contribution >= 4 is 12.1 Å². The molecule has 0 fully saturated rings. The van der Waals surface area contributed by atoms with Gasteiger partial charge in [0.1, 0.15) is 11.7 Å². The van der Waals surface area contributed by atoms with E-state index in [2.05, 4.69) is 10.6 Å². The summed E-state index contributed by atoms with van der Waals surface area (Å²) in [6, 6.07) is 0. The van der Waals surface area contributed by atoms with E-state index in [0.29, 0.717) is 6.54 Å². The Labute approximate surface area is 121 Å². The summed E-state index contributed by atoms with van der Waals surface area (Å²) in [5.41, 5.74) is -0.615. The number of rotatable bonds is 6. The van der Waals surface area contributed by atoms with E-state index in [1.807, 2.05) is 27.7 Å². The molecule has 0 radical (unpaired) electrons. The molecule has 0 saturated heterocycles. The zero-order chi connectivity index (χ0) is 15.9. The standard InChI is InChI=1S/C14H28N2O4/c1-8-15-11(12(17)19-10(4)9(2)3)16-13(18)20-14(5,6)7/h9-11,15H,8H2,1-7H3,(H,16,18)/t10?,11-/m1/s1. The van der Waals surface area contributed by atoms with Crippen LogP contribution in [0.3, 0.4) is 0 Å². The quantitative estimate of drug-likeness (QED) is 0.578. The topological polar surface area (TPSA) is 76.7 Å². The van der Waals surface area contributed by atoms with Gasteiger partial charge in [-0.2, -0.15) is 0 Å². The summed E-state index contributed by atoms with van der Waals surface area (Å²) in [5.74, 6) is -0.304. The summed E-state index contributed by atoms with van der Waals surface area (Å²) in [5, 5.41) is 5.33. The molecule has 0 aromatic rings. The number of carbonyl (C=O) groups excluding carboxylic acids is 2. The van der Waals surface area contributed by atoms with Gasteiger partial charge in [0.15, 0.2) is 6.17 Å². The maximum absolute atomic E-state index is 12.0. The highest BCUT2D eigenvalue weighted by atomic mass is 16.6. The minimum atomic E-state index is -0.906. The molecular weight excluding hydrogens is 260 g/mol. The Balaban J connectivity index is 4.56. The van der Waals surface area contributed by atoms with Gasteiger partial charge in [0.05, 0.1) is 0 Å². The molecule has 0 aliphatic rings. The lowest BCUT2D eigenvalue weighted by atomic mass is 10.1. The van der Waals surface area contributed by atoms with E-state index in [1.54, 1.807) is 20.8 Å². The average Bonchev–Trinajstić information content (AvgIpc) is 2.25. The molecular formula is C14H28N2O4. The van der Waals surface area contributed by atoms with Crippen molar-refractivity contribution in [2.45, 2.75) is 66.3 Å². The van der Waals surface area contributed by atoms with E-state index >= 15 is 0 Å². The SMILES string of the molecule is CCN[C@H](NC(=O)OC(C)(C)C)C(=O)OC(C)C(C)C. The lowest BCUT2D eigenvalue weighted by molar-refractivity contribution is -0.153. The van der Waals surface area contributed by atoms with Gasteiger partial charge >= 0.3 is 12.1 Å². The van der Waals surface area contributed by atoms with Crippen molar-refractivity contribution in [2.24, 2.45) is 5.92 Å². The number of hydrogen-bond donors (Lipinski definition) is 2. The van der Waals surface area contributed by atoms with Crippen LogP contribution in [-0.4, -0.2) is 36.5 Å². The third-order valence-electron chi connectivity index (χ3n) is 2.55. The Morgan fingerprint density at radius 3 is 2.10 bits per heavy atom. The second kappa shape index (κ2) is 8.09. The molecule has 118 valence electrons.